The number of carbonyl (C=O) groups excluding carboxylic acids is 1. The van der Waals surface area contributed by atoms with Crippen LogP contribution >= 0.6 is 0 Å². The second-order valence-corrected chi connectivity index (χ2v) is 5.46. The fourth-order valence-electron chi connectivity index (χ4n) is 2.66. The summed E-state index contributed by atoms with van der Waals surface area (Å²) < 4.78 is 0. The van der Waals surface area contributed by atoms with E-state index in [9.17, 15) is 9.59 Å². The first-order valence-corrected chi connectivity index (χ1v) is 6.80. The summed E-state index contributed by atoms with van der Waals surface area (Å²) in [4.78, 5) is 24.9. The van der Waals surface area contributed by atoms with Crippen LogP contribution in [0.4, 0.5) is 0 Å². The van der Waals surface area contributed by atoms with Crippen molar-refractivity contribution in [1.29, 1.82) is 0 Å². The summed E-state index contributed by atoms with van der Waals surface area (Å²) in [6, 6.07) is 8.98. The maximum absolute atomic E-state index is 12.3. The van der Waals surface area contributed by atoms with Crippen LogP contribution in [-0.4, -0.2) is 41.0 Å². The van der Waals surface area contributed by atoms with Gasteiger partial charge in [0.1, 0.15) is 0 Å². The summed E-state index contributed by atoms with van der Waals surface area (Å²) in [5.74, 6) is -1.52. The second-order valence-electron chi connectivity index (χ2n) is 5.46. The Kier molecular flexibility index (Phi) is 4.39. The van der Waals surface area contributed by atoms with Gasteiger partial charge < -0.3 is 15.7 Å². The molecule has 0 saturated carbocycles. The van der Waals surface area contributed by atoms with Crippen molar-refractivity contribution < 1.29 is 14.7 Å². The van der Waals surface area contributed by atoms with E-state index < -0.39 is 17.9 Å². The number of carboxylic acid groups (broad SMARTS) is 1. The highest BCUT2D eigenvalue weighted by Gasteiger charge is 2.38. The van der Waals surface area contributed by atoms with E-state index in [1.54, 1.807) is 4.90 Å². The van der Waals surface area contributed by atoms with Gasteiger partial charge in [-0.3, -0.25) is 9.59 Å². The van der Waals surface area contributed by atoms with E-state index >= 15 is 0 Å². The van der Waals surface area contributed by atoms with Gasteiger partial charge in [-0.1, -0.05) is 37.3 Å². The van der Waals surface area contributed by atoms with E-state index in [0.29, 0.717) is 13.0 Å². The van der Waals surface area contributed by atoms with Crippen LogP contribution in [0, 0.1) is 11.8 Å². The number of hydrogen-bond acceptors (Lipinski definition) is 3. The molecule has 108 valence electrons. The Morgan fingerprint density at radius 3 is 2.55 bits per heavy atom. The molecule has 1 saturated heterocycles. The Morgan fingerprint density at radius 2 is 2.00 bits per heavy atom. The maximum atomic E-state index is 12.3. The first-order valence-electron chi connectivity index (χ1n) is 6.80. The zero-order valence-electron chi connectivity index (χ0n) is 11.5. The Hall–Kier alpha value is -1.88. The molecule has 5 nitrogen and oxygen atoms in total. The third-order valence-electron chi connectivity index (χ3n) is 3.86. The molecule has 20 heavy (non-hydrogen) atoms. The van der Waals surface area contributed by atoms with Gasteiger partial charge in [-0.2, -0.15) is 0 Å². The van der Waals surface area contributed by atoms with Crippen LogP contribution in [0.25, 0.3) is 0 Å². The van der Waals surface area contributed by atoms with Gasteiger partial charge in [-0.15, -0.1) is 0 Å². The molecule has 1 aliphatic rings. The van der Waals surface area contributed by atoms with E-state index in [0.717, 1.165) is 5.56 Å². The minimum atomic E-state index is -0.843. The van der Waals surface area contributed by atoms with Crippen molar-refractivity contribution in [3.8, 4) is 0 Å². The first-order chi connectivity index (χ1) is 9.49. The predicted octanol–water partition coefficient (Wildman–Crippen LogP) is 0.735. The van der Waals surface area contributed by atoms with Crippen molar-refractivity contribution in [2.45, 2.75) is 19.4 Å². The Morgan fingerprint density at radius 1 is 1.35 bits per heavy atom. The van der Waals surface area contributed by atoms with Gasteiger partial charge in [0.2, 0.25) is 5.91 Å². The SMILES string of the molecule is C[C@@H]1CN(C(=O)[C@@H](N)Cc2ccccc2)C[C@H]1C(=O)O. The number of nitrogens with two attached hydrogens (primary N) is 1. The van der Waals surface area contributed by atoms with Gasteiger partial charge in [-0.05, 0) is 17.9 Å². The molecule has 0 unspecified atom stereocenters. The average molecular weight is 276 g/mol. The molecule has 2 rings (SSSR count). The highest BCUT2D eigenvalue weighted by Crippen LogP contribution is 2.23. The predicted molar refractivity (Wildman–Crippen MR) is 75.0 cm³/mol. The molecule has 1 fully saturated rings. The largest absolute Gasteiger partial charge is 0.481 e. The van der Waals surface area contributed by atoms with Gasteiger partial charge in [0.15, 0.2) is 0 Å². The van der Waals surface area contributed by atoms with Crippen molar-refractivity contribution in [2.24, 2.45) is 17.6 Å². The Balaban J connectivity index is 1.96. The molecular weight excluding hydrogens is 256 g/mol. The number of hydrogen-bond donors (Lipinski definition) is 2. The molecule has 0 radical (unpaired) electrons. The normalized spacial score (nSPS) is 23.6. The Bertz CT molecular complexity index is 489. The van der Waals surface area contributed by atoms with Crippen molar-refractivity contribution in [3.05, 3.63) is 35.9 Å². The second kappa shape index (κ2) is 6.05. The van der Waals surface area contributed by atoms with Crippen LogP contribution in [0.1, 0.15) is 12.5 Å². The highest BCUT2D eigenvalue weighted by molar-refractivity contribution is 5.83. The van der Waals surface area contributed by atoms with Gasteiger partial charge in [0.25, 0.3) is 0 Å². The number of benzene rings is 1. The lowest BCUT2D eigenvalue weighted by atomic mass is 9.99. The third-order valence-corrected chi connectivity index (χ3v) is 3.86. The molecule has 0 bridgehead atoms. The van der Waals surface area contributed by atoms with E-state index in [1.165, 1.54) is 0 Å². The summed E-state index contributed by atoms with van der Waals surface area (Å²) in [6.45, 7) is 2.59. The van der Waals surface area contributed by atoms with E-state index in [1.807, 2.05) is 37.3 Å². The summed E-state index contributed by atoms with van der Waals surface area (Å²) in [5, 5.41) is 9.09. The average Bonchev–Trinajstić information content (AvgIpc) is 2.81. The topological polar surface area (TPSA) is 83.6 Å². The number of carboxylic acids is 1. The molecule has 0 aliphatic carbocycles. The minimum absolute atomic E-state index is 0.0274. The number of carbonyl (C=O) groups is 2. The smallest absolute Gasteiger partial charge is 0.308 e. The van der Waals surface area contributed by atoms with Crippen molar-refractivity contribution in [2.75, 3.05) is 13.1 Å². The van der Waals surface area contributed by atoms with Gasteiger partial charge >= 0.3 is 5.97 Å². The van der Waals surface area contributed by atoms with Gasteiger partial charge in [0.05, 0.1) is 12.0 Å². The minimum Gasteiger partial charge on any atom is -0.481 e. The molecule has 0 aromatic heterocycles. The molecule has 5 heteroatoms. The van der Waals surface area contributed by atoms with Crippen LogP contribution in [0.5, 0.6) is 0 Å². The molecule has 3 atom stereocenters. The number of likely N-dealkylation sites (tertiary alicyclic amines) is 1. The van der Waals surface area contributed by atoms with E-state index in [2.05, 4.69) is 0 Å². The molecule has 3 N–H and O–H groups in total. The molecule has 1 heterocycles. The summed E-state index contributed by atoms with van der Waals surface area (Å²) in [5.41, 5.74) is 6.97. The van der Waals surface area contributed by atoms with Crippen LogP contribution in [0.3, 0.4) is 0 Å². The Labute approximate surface area is 118 Å². The van der Waals surface area contributed by atoms with Crippen molar-refractivity contribution >= 4 is 11.9 Å². The van der Waals surface area contributed by atoms with Crippen molar-refractivity contribution in [3.63, 3.8) is 0 Å². The maximum Gasteiger partial charge on any atom is 0.308 e. The highest BCUT2D eigenvalue weighted by atomic mass is 16.4. The molecule has 1 aromatic carbocycles. The van der Waals surface area contributed by atoms with Crippen LogP contribution in [0.15, 0.2) is 30.3 Å². The lowest BCUT2D eigenvalue weighted by molar-refractivity contribution is -0.142. The monoisotopic (exact) mass is 276 g/mol. The zero-order valence-corrected chi connectivity index (χ0v) is 11.5. The molecule has 1 aromatic rings. The first kappa shape index (κ1) is 14.5. The molecule has 1 aliphatic heterocycles. The van der Waals surface area contributed by atoms with Crippen LogP contribution in [0.2, 0.25) is 0 Å². The third kappa shape index (κ3) is 3.17. The number of nitrogens with zero attached hydrogens (tertiary/aromatic N) is 1. The van der Waals surface area contributed by atoms with Gasteiger partial charge in [-0.25, -0.2) is 0 Å². The fourth-order valence-corrected chi connectivity index (χ4v) is 2.66. The van der Waals surface area contributed by atoms with E-state index in [4.69, 9.17) is 10.8 Å². The number of amides is 1. The lowest BCUT2D eigenvalue weighted by Gasteiger charge is -2.20. The number of rotatable bonds is 4. The van der Waals surface area contributed by atoms with Crippen LogP contribution < -0.4 is 5.73 Å². The zero-order chi connectivity index (χ0) is 14.7. The summed E-state index contributed by atoms with van der Waals surface area (Å²) >= 11 is 0. The lowest BCUT2D eigenvalue weighted by Crippen LogP contribution is -2.44. The molecule has 1 amide bonds. The summed E-state index contributed by atoms with van der Waals surface area (Å²) in [7, 11) is 0. The molecule has 0 spiro atoms. The van der Waals surface area contributed by atoms with Crippen molar-refractivity contribution in [1.82, 2.24) is 4.90 Å². The van der Waals surface area contributed by atoms with E-state index in [-0.39, 0.29) is 18.4 Å². The number of aliphatic carboxylic acids is 1. The fraction of sp³-hybridized carbons (Fsp3) is 0.467. The summed E-state index contributed by atoms with van der Waals surface area (Å²) in [6.07, 6.45) is 0.474. The quantitative estimate of drug-likeness (QED) is 0.849. The molecular formula is C15H20N2O3. The van der Waals surface area contributed by atoms with Gasteiger partial charge in [0, 0.05) is 13.1 Å². The standard InChI is InChI=1S/C15H20N2O3/c1-10-8-17(9-12(10)15(19)20)14(18)13(16)7-11-5-3-2-4-6-11/h2-6,10,12-13H,7-9,16H2,1H3,(H,19,20)/t10-,12-,13+/m1/s1. The van der Waals surface area contributed by atoms with Crippen LogP contribution in [-0.2, 0) is 16.0 Å².